The molecule has 6 heteroatoms. The molecule has 0 spiro atoms. The summed E-state index contributed by atoms with van der Waals surface area (Å²) in [5, 5.41) is 19.6. The van der Waals surface area contributed by atoms with E-state index in [1.807, 2.05) is 0 Å². The molecule has 0 aromatic heterocycles. The van der Waals surface area contributed by atoms with Gasteiger partial charge in [-0.15, -0.1) is 0 Å². The Morgan fingerprint density at radius 2 is 2.37 bits per heavy atom. The van der Waals surface area contributed by atoms with Gasteiger partial charge < -0.3 is 9.47 Å². The van der Waals surface area contributed by atoms with Crippen molar-refractivity contribution in [3.63, 3.8) is 0 Å². The number of hydrogen-bond acceptors (Lipinski definition) is 5. The topological polar surface area (TPSA) is 85.4 Å². The second kappa shape index (κ2) is 6.16. The number of nitro benzene ring substituents is 1. The van der Waals surface area contributed by atoms with Crippen LogP contribution in [0.15, 0.2) is 18.2 Å². The van der Waals surface area contributed by atoms with Crippen LogP contribution in [-0.4, -0.2) is 24.2 Å². The fourth-order valence-electron chi connectivity index (χ4n) is 1.98. The van der Waals surface area contributed by atoms with Crippen molar-refractivity contribution in [2.45, 2.75) is 25.4 Å². The molecule has 1 heterocycles. The largest absolute Gasteiger partial charge is 0.491 e. The van der Waals surface area contributed by atoms with Crippen LogP contribution in [0.2, 0.25) is 0 Å². The van der Waals surface area contributed by atoms with Crippen molar-refractivity contribution >= 4 is 5.69 Å². The second-order valence-electron chi connectivity index (χ2n) is 4.35. The first kappa shape index (κ1) is 13.3. The van der Waals surface area contributed by atoms with Gasteiger partial charge in [0.25, 0.3) is 5.69 Å². The Bertz CT molecular complexity index is 504. The Kier molecular flexibility index (Phi) is 4.31. The molecule has 0 N–H and O–H groups in total. The molecule has 0 radical (unpaired) electrons. The molecule has 0 bridgehead atoms. The van der Waals surface area contributed by atoms with E-state index in [9.17, 15) is 10.1 Å². The molecular weight excluding hydrogens is 248 g/mol. The summed E-state index contributed by atoms with van der Waals surface area (Å²) in [6.45, 7) is 1.15. The fourth-order valence-corrected chi connectivity index (χ4v) is 1.98. The van der Waals surface area contributed by atoms with Crippen LogP contribution in [0.3, 0.4) is 0 Å². The van der Waals surface area contributed by atoms with Crippen molar-refractivity contribution in [3.8, 4) is 11.8 Å². The first-order valence-electron chi connectivity index (χ1n) is 6.13. The number of rotatable bonds is 4. The highest BCUT2D eigenvalue weighted by molar-refractivity contribution is 5.52. The van der Waals surface area contributed by atoms with Crippen molar-refractivity contribution in [1.82, 2.24) is 0 Å². The number of nitro groups is 1. The van der Waals surface area contributed by atoms with Crippen LogP contribution in [0.5, 0.6) is 5.75 Å². The Morgan fingerprint density at radius 1 is 1.53 bits per heavy atom. The molecule has 1 aliphatic heterocycles. The highest BCUT2D eigenvalue weighted by atomic mass is 16.6. The van der Waals surface area contributed by atoms with E-state index in [0.717, 1.165) is 25.9 Å². The van der Waals surface area contributed by atoms with Crippen molar-refractivity contribution in [2.24, 2.45) is 0 Å². The van der Waals surface area contributed by atoms with Gasteiger partial charge in [-0.2, -0.15) is 5.26 Å². The number of benzene rings is 1. The molecule has 0 aliphatic carbocycles. The van der Waals surface area contributed by atoms with Crippen molar-refractivity contribution in [3.05, 3.63) is 33.9 Å². The summed E-state index contributed by atoms with van der Waals surface area (Å²) in [5.41, 5.74) is -0.198. The highest BCUT2D eigenvalue weighted by Crippen LogP contribution is 2.24. The third-order valence-electron chi connectivity index (χ3n) is 3.00. The highest BCUT2D eigenvalue weighted by Gasteiger charge is 2.17. The number of hydrogen-bond donors (Lipinski definition) is 0. The average Bonchev–Trinajstić information content (AvgIpc) is 2.45. The maximum atomic E-state index is 10.7. The molecular formula is C13H14N2O4. The van der Waals surface area contributed by atoms with Crippen LogP contribution in [0.1, 0.15) is 24.8 Å². The normalized spacial score (nSPS) is 18.6. The van der Waals surface area contributed by atoms with E-state index >= 15 is 0 Å². The van der Waals surface area contributed by atoms with E-state index in [-0.39, 0.29) is 17.4 Å². The molecule has 1 aromatic rings. The third kappa shape index (κ3) is 3.42. The summed E-state index contributed by atoms with van der Waals surface area (Å²) in [4.78, 5) is 10.1. The first-order valence-corrected chi connectivity index (χ1v) is 6.13. The number of ether oxygens (including phenoxy) is 2. The minimum absolute atomic E-state index is 0.00654. The third-order valence-corrected chi connectivity index (χ3v) is 3.00. The Hall–Kier alpha value is -2.13. The van der Waals surface area contributed by atoms with Crippen molar-refractivity contribution in [2.75, 3.05) is 13.2 Å². The van der Waals surface area contributed by atoms with Crippen LogP contribution >= 0.6 is 0 Å². The van der Waals surface area contributed by atoms with E-state index in [0.29, 0.717) is 12.4 Å². The van der Waals surface area contributed by atoms with E-state index in [2.05, 4.69) is 0 Å². The average molecular weight is 262 g/mol. The quantitative estimate of drug-likeness (QED) is 0.614. The molecule has 2 rings (SSSR count). The Morgan fingerprint density at radius 3 is 3.00 bits per heavy atom. The van der Waals surface area contributed by atoms with Crippen molar-refractivity contribution in [1.29, 1.82) is 5.26 Å². The van der Waals surface area contributed by atoms with Crippen LogP contribution < -0.4 is 4.74 Å². The molecule has 1 unspecified atom stereocenters. The lowest BCUT2D eigenvalue weighted by Gasteiger charge is -2.22. The maximum absolute atomic E-state index is 10.7. The Balaban J connectivity index is 2.01. The smallest absolute Gasteiger partial charge is 0.287 e. The van der Waals surface area contributed by atoms with Crippen LogP contribution in [0.25, 0.3) is 0 Å². The number of nitrogens with zero attached hydrogens (tertiary/aromatic N) is 2. The van der Waals surface area contributed by atoms with Gasteiger partial charge in [0.05, 0.1) is 11.0 Å². The van der Waals surface area contributed by atoms with Gasteiger partial charge in [-0.05, 0) is 25.3 Å². The van der Waals surface area contributed by atoms with E-state index in [1.54, 1.807) is 6.07 Å². The van der Waals surface area contributed by atoms with Gasteiger partial charge in [0.2, 0.25) is 0 Å². The van der Waals surface area contributed by atoms with Gasteiger partial charge in [-0.1, -0.05) is 0 Å². The zero-order valence-corrected chi connectivity index (χ0v) is 10.4. The standard InChI is InChI=1S/C13H14N2O4/c14-8-10-7-11(4-5-13(10)15(16)17)19-9-12-3-1-2-6-18-12/h4-5,7,12H,1-3,6,9H2. The molecule has 1 aliphatic rings. The predicted molar refractivity (Wildman–Crippen MR) is 66.9 cm³/mol. The minimum Gasteiger partial charge on any atom is -0.491 e. The van der Waals surface area contributed by atoms with E-state index in [1.165, 1.54) is 18.2 Å². The van der Waals surface area contributed by atoms with Gasteiger partial charge >= 0.3 is 0 Å². The van der Waals surface area contributed by atoms with E-state index in [4.69, 9.17) is 14.7 Å². The molecule has 6 nitrogen and oxygen atoms in total. The molecule has 0 saturated carbocycles. The fraction of sp³-hybridized carbons (Fsp3) is 0.462. The molecule has 0 amide bonds. The summed E-state index contributed by atoms with van der Waals surface area (Å²) in [7, 11) is 0. The van der Waals surface area contributed by atoms with Gasteiger partial charge in [0, 0.05) is 18.7 Å². The second-order valence-corrected chi connectivity index (χ2v) is 4.35. The van der Waals surface area contributed by atoms with Crippen LogP contribution in [0, 0.1) is 21.4 Å². The monoisotopic (exact) mass is 262 g/mol. The van der Waals surface area contributed by atoms with Crippen LogP contribution in [0.4, 0.5) is 5.69 Å². The SMILES string of the molecule is N#Cc1cc(OCC2CCCCO2)ccc1[N+](=O)[O-]. The lowest BCUT2D eigenvalue weighted by molar-refractivity contribution is -0.385. The molecule has 1 fully saturated rings. The Labute approximate surface area is 110 Å². The summed E-state index contributed by atoms with van der Waals surface area (Å²) < 4.78 is 11.0. The van der Waals surface area contributed by atoms with Gasteiger partial charge in [-0.3, -0.25) is 10.1 Å². The van der Waals surface area contributed by atoms with Crippen LogP contribution in [-0.2, 0) is 4.74 Å². The van der Waals surface area contributed by atoms with Crippen molar-refractivity contribution < 1.29 is 14.4 Å². The summed E-state index contributed by atoms with van der Waals surface area (Å²) >= 11 is 0. The van der Waals surface area contributed by atoms with Gasteiger partial charge in [0.15, 0.2) is 0 Å². The zero-order chi connectivity index (χ0) is 13.7. The predicted octanol–water partition coefficient (Wildman–Crippen LogP) is 2.41. The lowest BCUT2D eigenvalue weighted by atomic mass is 10.1. The molecule has 100 valence electrons. The van der Waals surface area contributed by atoms with Gasteiger partial charge in [-0.25, -0.2) is 0 Å². The minimum atomic E-state index is -0.577. The van der Waals surface area contributed by atoms with Gasteiger partial charge in [0.1, 0.15) is 24.0 Å². The molecule has 1 atom stereocenters. The van der Waals surface area contributed by atoms with E-state index < -0.39 is 4.92 Å². The summed E-state index contributed by atoms with van der Waals surface area (Å²) in [5.74, 6) is 0.455. The molecule has 1 aromatic carbocycles. The molecule has 1 saturated heterocycles. The zero-order valence-electron chi connectivity index (χ0n) is 10.4. The summed E-state index contributed by atoms with van der Waals surface area (Å²) in [6.07, 6.45) is 3.22. The molecule has 19 heavy (non-hydrogen) atoms. The lowest BCUT2D eigenvalue weighted by Crippen LogP contribution is -2.25. The summed E-state index contributed by atoms with van der Waals surface area (Å²) in [6, 6.07) is 5.98. The first-order chi connectivity index (χ1) is 9.20. The maximum Gasteiger partial charge on any atom is 0.287 e. The number of nitriles is 1.